The van der Waals surface area contributed by atoms with Crippen LogP contribution < -0.4 is 5.32 Å². The van der Waals surface area contributed by atoms with E-state index in [1.807, 2.05) is 30.3 Å². The molecule has 1 heterocycles. The van der Waals surface area contributed by atoms with Gasteiger partial charge in [-0.25, -0.2) is 9.38 Å². The summed E-state index contributed by atoms with van der Waals surface area (Å²) in [7, 11) is 0. The second-order valence-corrected chi connectivity index (χ2v) is 7.70. The van der Waals surface area contributed by atoms with E-state index in [4.69, 9.17) is 0 Å². The fourth-order valence-electron chi connectivity index (χ4n) is 2.89. The van der Waals surface area contributed by atoms with Crippen molar-refractivity contribution in [2.45, 2.75) is 30.6 Å². The number of nitrogens with zero attached hydrogens (tertiary/aromatic N) is 2. The number of rotatable bonds is 5. The van der Waals surface area contributed by atoms with Crippen LogP contribution in [0, 0.1) is 5.82 Å². The Balaban J connectivity index is 1.47. The molecular weight excluding hydrogens is 365 g/mol. The summed E-state index contributed by atoms with van der Waals surface area (Å²) in [5.41, 5.74) is 1.30. The minimum absolute atomic E-state index is 0.0535. The first-order valence-corrected chi connectivity index (χ1v) is 9.67. The van der Waals surface area contributed by atoms with Gasteiger partial charge in [-0.1, -0.05) is 30.0 Å². The highest BCUT2D eigenvalue weighted by atomic mass is 32.2. The van der Waals surface area contributed by atoms with Crippen molar-refractivity contribution in [1.82, 2.24) is 4.90 Å². The molecule has 4 rings (SSSR count). The summed E-state index contributed by atoms with van der Waals surface area (Å²) in [5, 5.41) is 2.88. The molecule has 0 spiro atoms. The van der Waals surface area contributed by atoms with Gasteiger partial charge in [0, 0.05) is 18.2 Å². The normalized spacial score (nSPS) is 20.9. The number of hydrogen-bond donors (Lipinski definition) is 1. The van der Waals surface area contributed by atoms with Crippen LogP contribution in [-0.4, -0.2) is 33.2 Å². The van der Waals surface area contributed by atoms with Crippen molar-refractivity contribution in [3.8, 4) is 0 Å². The standard InChI is InChI=1S/C20H18FN3O2S/c21-13-6-8-15(9-7-13)22-18(25)12-17-19(26)24(16-10-11-16)20(27-17)23-14-4-2-1-3-5-14/h1-9,16-17H,10-12H2,(H,22,25). The summed E-state index contributed by atoms with van der Waals surface area (Å²) in [5.74, 6) is -0.702. The summed E-state index contributed by atoms with van der Waals surface area (Å²) in [6.07, 6.45) is 1.99. The maximum atomic E-state index is 13.0. The number of benzene rings is 2. The van der Waals surface area contributed by atoms with Crippen LogP contribution in [-0.2, 0) is 9.59 Å². The van der Waals surface area contributed by atoms with Gasteiger partial charge in [0.2, 0.25) is 11.8 Å². The number of hydrogen-bond acceptors (Lipinski definition) is 4. The molecule has 2 aromatic rings. The van der Waals surface area contributed by atoms with Crippen LogP contribution in [0.4, 0.5) is 15.8 Å². The van der Waals surface area contributed by atoms with Gasteiger partial charge in [-0.15, -0.1) is 0 Å². The van der Waals surface area contributed by atoms with Crippen molar-refractivity contribution in [2.75, 3.05) is 5.32 Å². The van der Waals surface area contributed by atoms with Gasteiger partial charge >= 0.3 is 0 Å². The lowest BCUT2D eigenvalue weighted by Gasteiger charge is -2.15. The Bertz CT molecular complexity index is 882. The number of carbonyl (C=O) groups excluding carboxylic acids is 2. The fourth-order valence-corrected chi connectivity index (χ4v) is 4.10. The van der Waals surface area contributed by atoms with Crippen molar-refractivity contribution in [3.63, 3.8) is 0 Å². The first-order chi connectivity index (χ1) is 13.1. The average Bonchev–Trinajstić information content (AvgIpc) is 3.44. The molecule has 0 bridgehead atoms. The molecule has 1 atom stereocenters. The number of aliphatic imine (C=N–C) groups is 1. The lowest BCUT2D eigenvalue weighted by atomic mass is 10.2. The molecule has 1 aliphatic carbocycles. The highest BCUT2D eigenvalue weighted by molar-refractivity contribution is 8.15. The minimum atomic E-state index is -0.492. The number of nitrogens with one attached hydrogen (secondary N) is 1. The number of para-hydroxylation sites is 1. The first kappa shape index (κ1) is 17.7. The van der Waals surface area contributed by atoms with Gasteiger partial charge in [0.1, 0.15) is 11.1 Å². The quantitative estimate of drug-likeness (QED) is 0.850. The predicted octanol–water partition coefficient (Wildman–Crippen LogP) is 3.95. The molecular formula is C20H18FN3O2S. The van der Waals surface area contributed by atoms with Gasteiger partial charge in [-0.2, -0.15) is 0 Å². The van der Waals surface area contributed by atoms with E-state index in [-0.39, 0.29) is 30.1 Å². The Morgan fingerprint density at radius 1 is 1.15 bits per heavy atom. The summed E-state index contributed by atoms with van der Waals surface area (Å²) >= 11 is 1.34. The van der Waals surface area contributed by atoms with E-state index in [1.54, 1.807) is 4.90 Å². The van der Waals surface area contributed by atoms with E-state index in [1.165, 1.54) is 36.0 Å². The highest BCUT2D eigenvalue weighted by Crippen LogP contribution is 2.39. The molecule has 2 aromatic carbocycles. The molecule has 5 nitrogen and oxygen atoms in total. The third kappa shape index (κ3) is 4.19. The summed E-state index contributed by atoms with van der Waals surface area (Å²) in [4.78, 5) is 31.5. The first-order valence-electron chi connectivity index (χ1n) is 8.79. The molecule has 2 aliphatic rings. The number of amides is 2. The molecule has 27 heavy (non-hydrogen) atoms. The van der Waals surface area contributed by atoms with Gasteiger partial charge in [0.05, 0.1) is 5.69 Å². The molecule has 7 heteroatoms. The third-order valence-corrected chi connectivity index (χ3v) is 5.51. The number of carbonyl (C=O) groups is 2. The zero-order valence-corrected chi connectivity index (χ0v) is 15.3. The molecule has 0 aromatic heterocycles. The van der Waals surface area contributed by atoms with Crippen molar-refractivity contribution in [1.29, 1.82) is 0 Å². The van der Waals surface area contributed by atoms with Crippen LogP contribution in [0.15, 0.2) is 59.6 Å². The Morgan fingerprint density at radius 3 is 2.52 bits per heavy atom. The van der Waals surface area contributed by atoms with Crippen molar-refractivity contribution < 1.29 is 14.0 Å². The lowest BCUT2D eigenvalue weighted by Crippen LogP contribution is -2.35. The van der Waals surface area contributed by atoms with Crippen molar-refractivity contribution in [2.24, 2.45) is 4.99 Å². The van der Waals surface area contributed by atoms with Crippen LogP contribution in [0.5, 0.6) is 0 Å². The van der Waals surface area contributed by atoms with Gasteiger partial charge in [-0.3, -0.25) is 14.5 Å². The Kier molecular flexibility index (Phi) is 4.94. The molecule has 1 unspecified atom stereocenters. The maximum Gasteiger partial charge on any atom is 0.242 e. The zero-order chi connectivity index (χ0) is 18.8. The molecule has 1 saturated carbocycles. The lowest BCUT2D eigenvalue weighted by molar-refractivity contribution is -0.128. The number of thioether (sulfide) groups is 1. The van der Waals surface area contributed by atoms with Crippen LogP contribution >= 0.6 is 11.8 Å². The molecule has 2 amide bonds. The molecule has 0 radical (unpaired) electrons. The smallest absolute Gasteiger partial charge is 0.242 e. The topological polar surface area (TPSA) is 61.8 Å². The van der Waals surface area contributed by atoms with Crippen molar-refractivity contribution in [3.05, 3.63) is 60.4 Å². The highest BCUT2D eigenvalue weighted by Gasteiger charge is 2.46. The average molecular weight is 383 g/mol. The minimum Gasteiger partial charge on any atom is -0.326 e. The van der Waals surface area contributed by atoms with E-state index >= 15 is 0 Å². The van der Waals surface area contributed by atoms with Crippen LogP contribution in [0.2, 0.25) is 0 Å². The van der Waals surface area contributed by atoms with E-state index in [2.05, 4.69) is 10.3 Å². The zero-order valence-electron chi connectivity index (χ0n) is 14.5. The third-order valence-electron chi connectivity index (χ3n) is 4.36. The number of amidine groups is 1. The second kappa shape index (κ2) is 7.52. The summed E-state index contributed by atoms with van der Waals surface area (Å²) < 4.78 is 13.0. The summed E-state index contributed by atoms with van der Waals surface area (Å²) in [6.45, 7) is 0. The predicted molar refractivity (Wildman–Crippen MR) is 104 cm³/mol. The van der Waals surface area contributed by atoms with E-state index in [0.29, 0.717) is 10.9 Å². The van der Waals surface area contributed by atoms with E-state index in [0.717, 1.165) is 18.5 Å². The SMILES string of the molecule is O=C(CC1SC(=Nc2ccccc2)N(C2CC2)C1=O)Nc1ccc(F)cc1. The van der Waals surface area contributed by atoms with Gasteiger partial charge in [-0.05, 0) is 49.2 Å². The second-order valence-electron chi connectivity index (χ2n) is 6.54. The Hall–Kier alpha value is -2.67. The van der Waals surface area contributed by atoms with Gasteiger partial charge < -0.3 is 5.32 Å². The molecule has 1 saturated heterocycles. The number of anilines is 1. The molecule has 1 N–H and O–H groups in total. The van der Waals surface area contributed by atoms with E-state index < -0.39 is 5.25 Å². The van der Waals surface area contributed by atoms with Crippen molar-refractivity contribution >= 4 is 40.1 Å². The van der Waals surface area contributed by atoms with Crippen LogP contribution in [0.25, 0.3) is 0 Å². The Morgan fingerprint density at radius 2 is 1.85 bits per heavy atom. The van der Waals surface area contributed by atoms with Gasteiger partial charge in [0.15, 0.2) is 5.17 Å². The van der Waals surface area contributed by atoms with Crippen LogP contribution in [0.1, 0.15) is 19.3 Å². The van der Waals surface area contributed by atoms with Crippen LogP contribution in [0.3, 0.4) is 0 Å². The monoisotopic (exact) mass is 383 g/mol. The summed E-state index contributed by atoms with van der Waals surface area (Å²) in [6, 6.07) is 15.2. The molecule has 1 aliphatic heterocycles. The fraction of sp³-hybridized carbons (Fsp3) is 0.250. The van der Waals surface area contributed by atoms with Gasteiger partial charge in [0.25, 0.3) is 0 Å². The molecule has 2 fully saturated rings. The molecule has 138 valence electrons. The van der Waals surface area contributed by atoms with E-state index in [9.17, 15) is 14.0 Å². The largest absolute Gasteiger partial charge is 0.326 e. The maximum absolute atomic E-state index is 13.0. The number of halogens is 1. The Labute approximate surface area is 160 Å².